The van der Waals surface area contributed by atoms with Crippen LogP contribution < -0.4 is 20.9 Å². The predicted molar refractivity (Wildman–Crippen MR) is 94.0 cm³/mol. The van der Waals surface area contributed by atoms with Crippen molar-refractivity contribution in [1.29, 1.82) is 0 Å². The number of aromatic amines is 1. The molecule has 0 bridgehead atoms. The molecule has 2 heterocycles. The number of carbonyl (C=O) groups is 1. The standard InChI is InChI=1S/C17H16N4O2S/c1-10-14(16(23)20-13-4-2-3-9-18-13)15(21-17(24)19-10)11-5-7-12(22)8-6-11/h2-9,14-15,22H,1H2,(H,18,20,23)(H2,19,21,24)/p+1. The Kier molecular flexibility index (Phi) is 4.43. The van der Waals surface area contributed by atoms with E-state index in [1.54, 1.807) is 36.5 Å². The van der Waals surface area contributed by atoms with Crippen LogP contribution in [0.4, 0.5) is 5.82 Å². The lowest BCUT2D eigenvalue weighted by Gasteiger charge is -2.34. The molecular formula is C17H17N4O2S+. The summed E-state index contributed by atoms with van der Waals surface area (Å²) in [6.45, 7) is 3.94. The molecule has 122 valence electrons. The van der Waals surface area contributed by atoms with E-state index in [1.807, 2.05) is 12.1 Å². The van der Waals surface area contributed by atoms with Gasteiger partial charge in [-0.15, -0.1) is 0 Å². The molecule has 0 saturated carbocycles. The fraction of sp³-hybridized carbons (Fsp3) is 0.118. The highest BCUT2D eigenvalue weighted by Crippen LogP contribution is 2.31. The maximum absolute atomic E-state index is 12.8. The molecule has 24 heavy (non-hydrogen) atoms. The Bertz CT molecular complexity index is 777. The van der Waals surface area contributed by atoms with Gasteiger partial charge in [0.25, 0.3) is 5.82 Å². The van der Waals surface area contributed by atoms with Gasteiger partial charge >= 0.3 is 5.91 Å². The Morgan fingerprint density at radius 1 is 1.25 bits per heavy atom. The minimum Gasteiger partial charge on any atom is -0.508 e. The van der Waals surface area contributed by atoms with Crippen LogP contribution in [0.5, 0.6) is 5.75 Å². The summed E-state index contributed by atoms with van der Waals surface area (Å²) >= 11 is 5.18. The second-order valence-corrected chi connectivity index (χ2v) is 5.84. The molecule has 0 aliphatic carbocycles. The minimum atomic E-state index is -0.574. The molecule has 2 atom stereocenters. The van der Waals surface area contributed by atoms with Crippen LogP contribution in [-0.2, 0) is 4.79 Å². The molecule has 1 fully saturated rings. The average Bonchev–Trinajstić information content (AvgIpc) is 2.55. The maximum atomic E-state index is 12.8. The number of aromatic nitrogens is 1. The first-order valence-corrected chi connectivity index (χ1v) is 7.78. The highest BCUT2D eigenvalue weighted by atomic mass is 32.1. The molecule has 0 radical (unpaired) electrons. The van der Waals surface area contributed by atoms with Gasteiger partial charge in [-0.3, -0.25) is 0 Å². The quantitative estimate of drug-likeness (QED) is 0.636. The molecule has 7 heteroatoms. The lowest BCUT2D eigenvalue weighted by molar-refractivity contribution is -0.360. The Morgan fingerprint density at radius 2 is 2.00 bits per heavy atom. The third-order valence-electron chi connectivity index (χ3n) is 3.77. The lowest BCUT2D eigenvalue weighted by Crippen LogP contribution is -2.51. The minimum absolute atomic E-state index is 0.161. The van der Waals surface area contributed by atoms with Crippen LogP contribution in [0.1, 0.15) is 11.6 Å². The van der Waals surface area contributed by atoms with Crippen LogP contribution in [0.15, 0.2) is 60.9 Å². The number of hydrogen-bond donors (Lipinski definition) is 4. The van der Waals surface area contributed by atoms with Gasteiger partial charge in [0, 0.05) is 11.8 Å². The molecule has 1 aromatic heterocycles. The number of anilines is 1. The molecule has 5 N–H and O–H groups in total. The van der Waals surface area contributed by atoms with Gasteiger partial charge in [-0.05, 0) is 36.0 Å². The summed E-state index contributed by atoms with van der Waals surface area (Å²) in [7, 11) is 0. The summed E-state index contributed by atoms with van der Waals surface area (Å²) in [4.78, 5) is 15.7. The van der Waals surface area contributed by atoms with Crippen molar-refractivity contribution in [3.05, 3.63) is 66.5 Å². The van der Waals surface area contributed by atoms with E-state index in [2.05, 4.69) is 27.5 Å². The van der Waals surface area contributed by atoms with Crippen molar-refractivity contribution in [2.75, 3.05) is 5.32 Å². The van der Waals surface area contributed by atoms with Crippen LogP contribution >= 0.6 is 12.2 Å². The van der Waals surface area contributed by atoms with Crippen molar-refractivity contribution in [3.63, 3.8) is 0 Å². The number of nitrogens with one attached hydrogen (secondary N) is 4. The Hall–Kier alpha value is -2.93. The van der Waals surface area contributed by atoms with Gasteiger partial charge in [-0.1, -0.05) is 24.8 Å². The molecule has 1 aliphatic heterocycles. The van der Waals surface area contributed by atoms with Crippen molar-refractivity contribution < 1.29 is 14.9 Å². The highest BCUT2D eigenvalue weighted by molar-refractivity contribution is 7.80. The van der Waals surface area contributed by atoms with Gasteiger partial charge in [-0.2, -0.15) is 0 Å². The van der Waals surface area contributed by atoms with E-state index < -0.39 is 5.92 Å². The van der Waals surface area contributed by atoms with Crippen LogP contribution in [0.2, 0.25) is 0 Å². The number of rotatable bonds is 3. The topological polar surface area (TPSA) is 87.5 Å². The van der Waals surface area contributed by atoms with Crippen LogP contribution in [0.3, 0.4) is 0 Å². The second-order valence-electron chi connectivity index (χ2n) is 5.44. The van der Waals surface area contributed by atoms with Crippen molar-refractivity contribution in [2.45, 2.75) is 6.04 Å². The van der Waals surface area contributed by atoms with Crippen molar-refractivity contribution >= 4 is 29.1 Å². The van der Waals surface area contributed by atoms with Gasteiger partial charge < -0.3 is 15.7 Å². The number of aromatic hydroxyl groups is 1. The number of pyridine rings is 1. The Labute approximate surface area is 144 Å². The first-order valence-electron chi connectivity index (χ1n) is 7.37. The number of thiocarbonyl (C=S) groups is 1. The van der Waals surface area contributed by atoms with Gasteiger partial charge in [-0.25, -0.2) is 15.1 Å². The van der Waals surface area contributed by atoms with E-state index >= 15 is 0 Å². The maximum Gasteiger partial charge on any atom is 0.318 e. The van der Waals surface area contributed by atoms with Gasteiger partial charge in [0.2, 0.25) is 0 Å². The normalized spacial score (nSPS) is 20.0. The molecule has 1 amide bonds. The second kappa shape index (κ2) is 6.67. The van der Waals surface area contributed by atoms with E-state index in [0.717, 1.165) is 5.56 Å². The summed E-state index contributed by atoms with van der Waals surface area (Å²) in [5.41, 5.74) is 1.35. The Morgan fingerprint density at radius 3 is 2.67 bits per heavy atom. The number of hydrogen-bond acceptors (Lipinski definition) is 3. The molecule has 1 saturated heterocycles. The fourth-order valence-corrected chi connectivity index (χ4v) is 2.89. The smallest absolute Gasteiger partial charge is 0.318 e. The van der Waals surface area contributed by atoms with Gasteiger partial charge in [0.15, 0.2) is 5.11 Å². The van der Waals surface area contributed by atoms with Crippen LogP contribution in [-0.4, -0.2) is 16.1 Å². The van der Waals surface area contributed by atoms with Crippen LogP contribution in [0, 0.1) is 5.92 Å². The zero-order valence-corrected chi connectivity index (χ0v) is 13.6. The summed E-state index contributed by atoms with van der Waals surface area (Å²) in [5.74, 6) is -0.0419. The third-order valence-corrected chi connectivity index (χ3v) is 3.99. The van der Waals surface area contributed by atoms with Crippen LogP contribution in [0.25, 0.3) is 0 Å². The number of H-pyrrole nitrogens is 1. The first kappa shape index (κ1) is 15.9. The van der Waals surface area contributed by atoms with Gasteiger partial charge in [0.1, 0.15) is 11.7 Å². The molecule has 3 rings (SSSR count). The van der Waals surface area contributed by atoms with E-state index in [1.165, 1.54) is 0 Å². The number of amides is 1. The third kappa shape index (κ3) is 3.36. The van der Waals surface area contributed by atoms with Crippen molar-refractivity contribution in [3.8, 4) is 5.75 Å². The first-order chi connectivity index (χ1) is 11.5. The molecular weight excluding hydrogens is 324 g/mol. The predicted octanol–water partition coefficient (Wildman–Crippen LogP) is 1.49. The molecule has 1 aliphatic rings. The number of benzene rings is 1. The van der Waals surface area contributed by atoms with E-state index in [9.17, 15) is 9.90 Å². The van der Waals surface area contributed by atoms with Crippen molar-refractivity contribution in [1.82, 2.24) is 10.6 Å². The molecule has 1 aromatic carbocycles. The summed E-state index contributed by atoms with van der Waals surface area (Å²) in [6.07, 6.45) is 1.73. The zero-order chi connectivity index (χ0) is 17.1. The van der Waals surface area contributed by atoms with E-state index in [0.29, 0.717) is 16.6 Å². The lowest BCUT2D eigenvalue weighted by atomic mass is 9.88. The summed E-state index contributed by atoms with van der Waals surface area (Å²) in [6, 6.07) is 11.7. The molecule has 2 aromatic rings. The molecule has 6 nitrogen and oxygen atoms in total. The van der Waals surface area contributed by atoms with Gasteiger partial charge in [0.05, 0.1) is 12.2 Å². The zero-order valence-electron chi connectivity index (χ0n) is 12.7. The molecule has 0 spiro atoms. The van der Waals surface area contributed by atoms with E-state index in [4.69, 9.17) is 12.2 Å². The Balaban J connectivity index is 1.89. The average molecular weight is 341 g/mol. The number of phenols is 1. The fourth-order valence-electron chi connectivity index (χ4n) is 2.63. The SMILES string of the molecule is C=C1NC(=S)NC(c2ccc(O)cc2)C1C(=O)Nc1cccc[nH+]1. The van der Waals surface area contributed by atoms with Crippen molar-refractivity contribution in [2.24, 2.45) is 5.92 Å². The van der Waals surface area contributed by atoms with E-state index in [-0.39, 0.29) is 17.7 Å². The summed E-state index contributed by atoms with van der Waals surface area (Å²) < 4.78 is 0. The number of carbonyl (C=O) groups excluding carboxylic acids is 1. The highest BCUT2D eigenvalue weighted by Gasteiger charge is 2.39. The largest absolute Gasteiger partial charge is 0.508 e. The summed E-state index contributed by atoms with van der Waals surface area (Å²) in [5, 5.41) is 18.7. The monoisotopic (exact) mass is 341 g/mol. The number of phenolic OH excluding ortho intramolecular Hbond substituents is 1. The molecule has 2 unspecified atom stereocenters.